The molecule has 0 spiro atoms. The van der Waals surface area contributed by atoms with Gasteiger partial charge in [-0.05, 0) is 17.7 Å². The van der Waals surface area contributed by atoms with Crippen molar-refractivity contribution in [3.63, 3.8) is 0 Å². The van der Waals surface area contributed by atoms with Crippen molar-refractivity contribution >= 4 is 18.4 Å². The number of benzene rings is 1. The molecule has 0 unspecified atom stereocenters. The molecule has 1 aromatic carbocycles. The Bertz CT molecular complexity index is 331. The smallest absolute Gasteiger partial charge is 0.340 e. The first-order valence-electron chi connectivity index (χ1n) is 3.76. The fourth-order valence-electron chi connectivity index (χ4n) is 0.966. The van der Waals surface area contributed by atoms with E-state index in [0.717, 1.165) is 0 Å². The molecule has 0 aliphatic heterocycles. The number of carbonyl (C=O) groups excluding carboxylic acids is 1. The van der Waals surface area contributed by atoms with Gasteiger partial charge >= 0.3 is 5.97 Å². The Morgan fingerprint density at radius 2 is 2.21 bits per heavy atom. The summed E-state index contributed by atoms with van der Waals surface area (Å²) in [4.78, 5) is 11.0. The Hall–Kier alpha value is -1.13. The number of methoxy groups -OCH3 is 1. The maximum atomic E-state index is 13.0. The topological polar surface area (TPSA) is 52.3 Å². The van der Waals surface area contributed by atoms with Crippen LogP contribution < -0.4 is 5.73 Å². The molecule has 2 N–H and O–H groups in total. The first-order chi connectivity index (χ1) is 6.19. The lowest BCUT2D eigenvalue weighted by molar-refractivity contribution is 0.0595. The lowest BCUT2D eigenvalue weighted by Gasteiger charge is -2.02. The van der Waals surface area contributed by atoms with Crippen LogP contribution >= 0.6 is 12.4 Å². The van der Waals surface area contributed by atoms with E-state index in [-0.39, 0.29) is 24.5 Å². The van der Waals surface area contributed by atoms with E-state index in [0.29, 0.717) is 5.56 Å². The van der Waals surface area contributed by atoms with Crippen LogP contribution in [0.2, 0.25) is 0 Å². The number of halogens is 2. The third-order valence-corrected chi connectivity index (χ3v) is 1.67. The standard InChI is InChI=1S/C9H10FNO2.ClH/c1-13-9(12)7-4-6(5-11)2-3-8(7)10;/h2-4H,5,11H2,1H3;1H. The summed E-state index contributed by atoms with van der Waals surface area (Å²) in [5.74, 6) is -1.28. The van der Waals surface area contributed by atoms with Gasteiger partial charge in [0.05, 0.1) is 12.7 Å². The van der Waals surface area contributed by atoms with Crippen molar-refractivity contribution in [1.82, 2.24) is 0 Å². The zero-order valence-electron chi connectivity index (χ0n) is 7.62. The molecule has 1 rings (SSSR count). The van der Waals surface area contributed by atoms with Gasteiger partial charge in [-0.1, -0.05) is 6.07 Å². The number of hydrogen-bond acceptors (Lipinski definition) is 3. The zero-order valence-corrected chi connectivity index (χ0v) is 8.44. The van der Waals surface area contributed by atoms with E-state index >= 15 is 0 Å². The van der Waals surface area contributed by atoms with E-state index in [1.54, 1.807) is 0 Å². The van der Waals surface area contributed by atoms with Gasteiger partial charge in [0, 0.05) is 6.54 Å². The summed E-state index contributed by atoms with van der Waals surface area (Å²) < 4.78 is 17.4. The Morgan fingerprint density at radius 1 is 1.57 bits per heavy atom. The summed E-state index contributed by atoms with van der Waals surface area (Å²) in [5.41, 5.74) is 5.95. The average molecular weight is 220 g/mol. The van der Waals surface area contributed by atoms with Gasteiger partial charge in [-0.15, -0.1) is 12.4 Å². The van der Waals surface area contributed by atoms with E-state index in [9.17, 15) is 9.18 Å². The van der Waals surface area contributed by atoms with Crippen LogP contribution in [0.3, 0.4) is 0 Å². The van der Waals surface area contributed by atoms with Crippen molar-refractivity contribution in [2.24, 2.45) is 5.73 Å². The third kappa shape index (κ3) is 2.68. The van der Waals surface area contributed by atoms with Gasteiger partial charge in [0.2, 0.25) is 0 Å². The van der Waals surface area contributed by atoms with E-state index in [1.807, 2.05) is 0 Å². The van der Waals surface area contributed by atoms with Crippen molar-refractivity contribution in [2.75, 3.05) is 7.11 Å². The molecular formula is C9H11ClFNO2. The Labute approximate surface area is 87.5 Å². The molecule has 0 radical (unpaired) electrons. The number of hydrogen-bond donors (Lipinski definition) is 1. The van der Waals surface area contributed by atoms with Gasteiger partial charge in [-0.3, -0.25) is 0 Å². The molecule has 3 nitrogen and oxygen atoms in total. The molecule has 0 aliphatic carbocycles. The fourth-order valence-corrected chi connectivity index (χ4v) is 0.966. The SMILES string of the molecule is COC(=O)c1cc(CN)ccc1F.Cl. The molecule has 14 heavy (non-hydrogen) atoms. The lowest BCUT2D eigenvalue weighted by Crippen LogP contribution is -2.06. The van der Waals surface area contributed by atoms with Crippen LogP contribution in [0.1, 0.15) is 15.9 Å². The van der Waals surface area contributed by atoms with Crippen LogP contribution in [0.15, 0.2) is 18.2 Å². The molecular weight excluding hydrogens is 209 g/mol. The average Bonchev–Trinajstić information content (AvgIpc) is 2.17. The van der Waals surface area contributed by atoms with Gasteiger partial charge in [-0.2, -0.15) is 0 Å². The van der Waals surface area contributed by atoms with Gasteiger partial charge in [0.15, 0.2) is 0 Å². The van der Waals surface area contributed by atoms with Gasteiger partial charge in [0.1, 0.15) is 5.82 Å². The van der Waals surface area contributed by atoms with Crippen LogP contribution in [0.5, 0.6) is 0 Å². The summed E-state index contributed by atoms with van der Waals surface area (Å²) in [6.45, 7) is 0.268. The minimum absolute atomic E-state index is 0. The largest absolute Gasteiger partial charge is 0.465 e. The number of esters is 1. The van der Waals surface area contributed by atoms with Crippen molar-refractivity contribution in [2.45, 2.75) is 6.54 Å². The predicted molar refractivity (Wildman–Crippen MR) is 52.9 cm³/mol. The second-order valence-corrected chi connectivity index (χ2v) is 2.51. The molecule has 0 amide bonds. The molecule has 0 heterocycles. The molecule has 0 atom stereocenters. The van der Waals surface area contributed by atoms with Crippen molar-refractivity contribution < 1.29 is 13.9 Å². The highest BCUT2D eigenvalue weighted by atomic mass is 35.5. The van der Waals surface area contributed by atoms with Crippen molar-refractivity contribution in [3.05, 3.63) is 35.1 Å². The quantitative estimate of drug-likeness (QED) is 0.767. The predicted octanol–water partition coefficient (Wildman–Crippen LogP) is 1.49. The molecule has 0 saturated carbocycles. The van der Waals surface area contributed by atoms with Gasteiger partial charge in [-0.25, -0.2) is 9.18 Å². The van der Waals surface area contributed by atoms with Crippen molar-refractivity contribution in [1.29, 1.82) is 0 Å². The van der Waals surface area contributed by atoms with Crippen LogP contribution in [0.4, 0.5) is 4.39 Å². The highest BCUT2D eigenvalue weighted by Gasteiger charge is 2.11. The Morgan fingerprint density at radius 3 is 2.71 bits per heavy atom. The van der Waals surface area contributed by atoms with E-state index in [4.69, 9.17) is 5.73 Å². The second-order valence-electron chi connectivity index (χ2n) is 2.51. The van der Waals surface area contributed by atoms with E-state index < -0.39 is 11.8 Å². The van der Waals surface area contributed by atoms with E-state index in [2.05, 4.69) is 4.74 Å². The van der Waals surface area contributed by atoms with Crippen LogP contribution in [-0.4, -0.2) is 13.1 Å². The maximum absolute atomic E-state index is 13.0. The Kier molecular flexibility index (Phi) is 5.12. The van der Waals surface area contributed by atoms with Gasteiger partial charge in [0.25, 0.3) is 0 Å². The minimum Gasteiger partial charge on any atom is -0.465 e. The number of rotatable bonds is 2. The fraction of sp³-hybridized carbons (Fsp3) is 0.222. The molecule has 0 aromatic heterocycles. The molecule has 78 valence electrons. The highest BCUT2D eigenvalue weighted by molar-refractivity contribution is 5.89. The molecule has 1 aromatic rings. The monoisotopic (exact) mass is 219 g/mol. The summed E-state index contributed by atoms with van der Waals surface area (Å²) in [6.07, 6.45) is 0. The number of ether oxygens (including phenoxy) is 1. The normalized spacial score (nSPS) is 9.07. The van der Waals surface area contributed by atoms with Crippen LogP contribution in [-0.2, 0) is 11.3 Å². The number of carbonyl (C=O) groups is 1. The van der Waals surface area contributed by atoms with Crippen LogP contribution in [0.25, 0.3) is 0 Å². The third-order valence-electron chi connectivity index (χ3n) is 1.67. The molecule has 0 bridgehead atoms. The highest BCUT2D eigenvalue weighted by Crippen LogP contribution is 2.11. The maximum Gasteiger partial charge on any atom is 0.340 e. The lowest BCUT2D eigenvalue weighted by atomic mass is 10.1. The summed E-state index contributed by atoms with van der Waals surface area (Å²) in [6, 6.07) is 4.12. The molecule has 0 fully saturated rings. The molecule has 0 aliphatic rings. The van der Waals surface area contributed by atoms with Gasteiger partial charge < -0.3 is 10.5 Å². The molecule has 5 heteroatoms. The molecule has 0 saturated heterocycles. The van der Waals surface area contributed by atoms with Crippen LogP contribution in [0, 0.1) is 5.82 Å². The summed E-state index contributed by atoms with van der Waals surface area (Å²) in [5, 5.41) is 0. The first kappa shape index (κ1) is 12.9. The Balaban J connectivity index is 0.00000169. The van der Waals surface area contributed by atoms with E-state index in [1.165, 1.54) is 25.3 Å². The first-order valence-corrected chi connectivity index (χ1v) is 3.76. The summed E-state index contributed by atoms with van der Waals surface area (Å²) in [7, 11) is 1.21. The van der Waals surface area contributed by atoms with Crippen molar-refractivity contribution in [3.8, 4) is 0 Å². The summed E-state index contributed by atoms with van der Waals surface area (Å²) >= 11 is 0. The zero-order chi connectivity index (χ0) is 9.84. The number of nitrogens with two attached hydrogens (primary N) is 1. The second kappa shape index (κ2) is 5.57. The minimum atomic E-state index is -0.687.